The fourth-order valence-electron chi connectivity index (χ4n) is 3.69. The summed E-state index contributed by atoms with van der Waals surface area (Å²) in [5.74, 6) is 2.60. The first-order chi connectivity index (χ1) is 15.1. The summed E-state index contributed by atoms with van der Waals surface area (Å²) in [6, 6.07) is 6.00. The lowest BCUT2D eigenvalue weighted by molar-refractivity contribution is 0.122. The highest BCUT2D eigenvalue weighted by Gasteiger charge is 2.20. The first-order valence-electron chi connectivity index (χ1n) is 10.4. The Kier molecular flexibility index (Phi) is 6.24. The number of benzene rings is 1. The lowest BCUT2D eigenvalue weighted by Crippen LogP contribution is -2.37. The summed E-state index contributed by atoms with van der Waals surface area (Å²) in [7, 11) is 3.79. The highest BCUT2D eigenvalue weighted by molar-refractivity contribution is 5.80. The molecule has 1 saturated heterocycles. The SMILES string of the molecule is C=Cc1c(NC)cccc1-c1nc(N2CCOCC2)nc(-n2cc(CNC)nc2C)n1. The van der Waals surface area contributed by atoms with Gasteiger partial charge in [-0.3, -0.25) is 4.57 Å². The van der Waals surface area contributed by atoms with Crippen LogP contribution in [0.1, 0.15) is 17.1 Å². The van der Waals surface area contributed by atoms with E-state index in [-0.39, 0.29) is 0 Å². The second-order valence-corrected chi connectivity index (χ2v) is 7.26. The first kappa shape index (κ1) is 21.0. The zero-order chi connectivity index (χ0) is 21.8. The van der Waals surface area contributed by atoms with E-state index in [0.717, 1.165) is 41.4 Å². The van der Waals surface area contributed by atoms with Crippen LogP contribution in [0.2, 0.25) is 0 Å². The van der Waals surface area contributed by atoms with E-state index in [9.17, 15) is 0 Å². The van der Waals surface area contributed by atoms with Gasteiger partial charge in [0.25, 0.3) is 0 Å². The largest absolute Gasteiger partial charge is 0.388 e. The van der Waals surface area contributed by atoms with Crippen LogP contribution in [0.15, 0.2) is 31.0 Å². The molecule has 1 aromatic carbocycles. The van der Waals surface area contributed by atoms with Crippen LogP contribution in [0.25, 0.3) is 23.4 Å². The Hall–Kier alpha value is -3.30. The molecular formula is C22H28N8O. The van der Waals surface area contributed by atoms with Gasteiger partial charge >= 0.3 is 0 Å². The second-order valence-electron chi connectivity index (χ2n) is 7.26. The third-order valence-electron chi connectivity index (χ3n) is 5.23. The fraction of sp³-hybridized carbons (Fsp3) is 0.364. The van der Waals surface area contributed by atoms with Gasteiger partial charge in [0.2, 0.25) is 11.9 Å². The van der Waals surface area contributed by atoms with Crippen LogP contribution in [0.4, 0.5) is 11.6 Å². The molecule has 2 N–H and O–H groups in total. The van der Waals surface area contributed by atoms with E-state index in [1.54, 1.807) is 0 Å². The third kappa shape index (κ3) is 4.28. The van der Waals surface area contributed by atoms with Crippen molar-refractivity contribution < 1.29 is 4.74 Å². The summed E-state index contributed by atoms with van der Waals surface area (Å²) < 4.78 is 7.42. The van der Waals surface area contributed by atoms with Crippen molar-refractivity contribution in [3.63, 3.8) is 0 Å². The number of rotatable bonds is 7. The van der Waals surface area contributed by atoms with Crippen molar-refractivity contribution in [2.75, 3.05) is 50.6 Å². The lowest BCUT2D eigenvalue weighted by atomic mass is 10.0. The second kappa shape index (κ2) is 9.23. The van der Waals surface area contributed by atoms with E-state index >= 15 is 0 Å². The van der Waals surface area contributed by atoms with Crippen LogP contribution in [-0.4, -0.2) is 64.9 Å². The molecule has 31 heavy (non-hydrogen) atoms. The zero-order valence-electron chi connectivity index (χ0n) is 18.2. The molecule has 0 aliphatic carbocycles. The molecule has 4 rings (SSSR count). The Labute approximate surface area is 182 Å². The van der Waals surface area contributed by atoms with Gasteiger partial charge in [-0.1, -0.05) is 24.8 Å². The number of hydrogen-bond donors (Lipinski definition) is 2. The number of aromatic nitrogens is 5. The number of nitrogens with zero attached hydrogens (tertiary/aromatic N) is 6. The summed E-state index contributed by atoms with van der Waals surface area (Å²) >= 11 is 0. The number of imidazole rings is 1. The van der Waals surface area contributed by atoms with Crippen LogP contribution in [0.3, 0.4) is 0 Å². The van der Waals surface area contributed by atoms with E-state index in [0.29, 0.717) is 37.5 Å². The summed E-state index contributed by atoms with van der Waals surface area (Å²) in [6.07, 6.45) is 3.79. The number of anilines is 2. The van der Waals surface area contributed by atoms with Crippen molar-refractivity contribution in [3.8, 4) is 17.3 Å². The van der Waals surface area contributed by atoms with E-state index in [2.05, 4.69) is 27.1 Å². The van der Waals surface area contributed by atoms with Crippen molar-refractivity contribution in [1.29, 1.82) is 0 Å². The maximum Gasteiger partial charge on any atom is 0.240 e. The highest BCUT2D eigenvalue weighted by Crippen LogP contribution is 2.29. The Bertz CT molecular complexity index is 1070. The Balaban J connectivity index is 1.88. The standard InChI is InChI=1S/C22H28N8O/c1-5-17-18(7-6-8-19(17)24-4)20-26-21(29-9-11-31-12-10-29)28-22(27-20)30-14-16(13-23-3)25-15(30)2/h5-8,14,23-24H,1,9-13H2,2-4H3. The van der Waals surface area contributed by atoms with E-state index in [1.807, 2.05) is 56.1 Å². The average molecular weight is 421 g/mol. The fourth-order valence-corrected chi connectivity index (χ4v) is 3.69. The molecule has 0 spiro atoms. The molecule has 0 atom stereocenters. The topological polar surface area (TPSA) is 93.0 Å². The van der Waals surface area contributed by atoms with Crippen molar-refractivity contribution in [1.82, 2.24) is 29.8 Å². The van der Waals surface area contributed by atoms with E-state index < -0.39 is 0 Å². The molecule has 3 heterocycles. The van der Waals surface area contributed by atoms with Gasteiger partial charge in [-0.2, -0.15) is 15.0 Å². The molecule has 1 aliphatic heterocycles. The zero-order valence-corrected chi connectivity index (χ0v) is 18.2. The number of aryl methyl sites for hydroxylation is 1. The molecule has 9 heteroatoms. The van der Waals surface area contributed by atoms with Crippen LogP contribution in [0, 0.1) is 6.92 Å². The predicted octanol–water partition coefficient (Wildman–Crippen LogP) is 2.27. The van der Waals surface area contributed by atoms with Gasteiger partial charge in [0.15, 0.2) is 5.82 Å². The number of nitrogens with one attached hydrogen (secondary N) is 2. The summed E-state index contributed by atoms with van der Waals surface area (Å²) in [4.78, 5) is 21.2. The van der Waals surface area contributed by atoms with Gasteiger partial charge in [0.1, 0.15) is 5.82 Å². The number of morpholine rings is 1. The van der Waals surface area contributed by atoms with Gasteiger partial charge in [-0.15, -0.1) is 0 Å². The summed E-state index contributed by atoms with van der Waals surface area (Å²) in [6.45, 7) is 9.40. The molecule has 0 saturated carbocycles. The van der Waals surface area contributed by atoms with Gasteiger partial charge < -0.3 is 20.3 Å². The van der Waals surface area contributed by atoms with Crippen molar-refractivity contribution in [2.24, 2.45) is 0 Å². The highest BCUT2D eigenvalue weighted by atomic mass is 16.5. The molecule has 0 bridgehead atoms. The molecule has 1 aliphatic rings. The van der Waals surface area contributed by atoms with Gasteiger partial charge in [0, 0.05) is 49.7 Å². The third-order valence-corrected chi connectivity index (χ3v) is 5.23. The molecule has 0 amide bonds. The van der Waals surface area contributed by atoms with Crippen molar-refractivity contribution in [3.05, 3.63) is 48.1 Å². The predicted molar refractivity (Wildman–Crippen MR) is 123 cm³/mol. The van der Waals surface area contributed by atoms with Crippen LogP contribution in [0.5, 0.6) is 0 Å². The first-order valence-corrected chi connectivity index (χ1v) is 10.4. The molecule has 9 nitrogen and oxygen atoms in total. The molecule has 0 radical (unpaired) electrons. The molecule has 3 aromatic rings. The van der Waals surface area contributed by atoms with E-state index in [4.69, 9.17) is 19.7 Å². The van der Waals surface area contributed by atoms with Crippen molar-refractivity contribution in [2.45, 2.75) is 13.5 Å². The van der Waals surface area contributed by atoms with E-state index in [1.165, 1.54) is 0 Å². The number of ether oxygens (including phenoxy) is 1. The molecule has 162 valence electrons. The Morgan fingerprint density at radius 1 is 1.10 bits per heavy atom. The lowest BCUT2D eigenvalue weighted by Gasteiger charge is -2.27. The van der Waals surface area contributed by atoms with Crippen molar-refractivity contribution >= 4 is 17.7 Å². The maximum absolute atomic E-state index is 5.51. The normalized spacial score (nSPS) is 14.0. The quantitative estimate of drug-likeness (QED) is 0.601. The molecule has 0 unspecified atom stereocenters. The molecule has 2 aromatic heterocycles. The minimum Gasteiger partial charge on any atom is -0.388 e. The monoisotopic (exact) mass is 420 g/mol. The average Bonchev–Trinajstić information content (AvgIpc) is 3.19. The smallest absolute Gasteiger partial charge is 0.240 e. The van der Waals surface area contributed by atoms with Gasteiger partial charge in [0.05, 0.1) is 18.9 Å². The minimum atomic E-state index is 0.545. The summed E-state index contributed by atoms with van der Waals surface area (Å²) in [5, 5.41) is 6.35. The number of hydrogen-bond acceptors (Lipinski definition) is 8. The van der Waals surface area contributed by atoms with Crippen LogP contribution >= 0.6 is 0 Å². The van der Waals surface area contributed by atoms with Gasteiger partial charge in [-0.05, 0) is 20.0 Å². The molecular weight excluding hydrogens is 392 g/mol. The van der Waals surface area contributed by atoms with Crippen LogP contribution in [-0.2, 0) is 11.3 Å². The Morgan fingerprint density at radius 3 is 2.58 bits per heavy atom. The Morgan fingerprint density at radius 2 is 1.87 bits per heavy atom. The van der Waals surface area contributed by atoms with Gasteiger partial charge in [-0.25, -0.2) is 4.98 Å². The maximum atomic E-state index is 5.51. The van der Waals surface area contributed by atoms with Crippen LogP contribution < -0.4 is 15.5 Å². The summed E-state index contributed by atoms with van der Waals surface area (Å²) in [5.41, 5.74) is 3.75. The molecule has 1 fully saturated rings. The minimum absolute atomic E-state index is 0.545.